The van der Waals surface area contributed by atoms with E-state index < -0.39 is 12.0 Å². The lowest BCUT2D eigenvalue weighted by molar-refractivity contribution is -0.145. The molecule has 6 nitrogen and oxygen atoms in total. The minimum atomic E-state index is -0.952. The van der Waals surface area contributed by atoms with Crippen LogP contribution in [0.25, 0.3) is 0 Å². The second-order valence-electron chi connectivity index (χ2n) is 5.43. The normalized spacial score (nSPS) is 17.9. The topological polar surface area (TPSA) is 72.9 Å². The van der Waals surface area contributed by atoms with Crippen LogP contribution in [-0.4, -0.2) is 66.1 Å². The predicted molar refractivity (Wildman–Crippen MR) is 87.9 cm³/mol. The molecule has 0 saturated carbocycles. The number of anilines is 1. The summed E-state index contributed by atoms with van der Waals surface area (Å²) in [4.78, 5) is 27.7. The number of piperazine rings is 1. The highest BCUT2D eigenvalue weighted by Gasteiger charge is 2.30. The smallest absolute Gasteiger partial charge is 0.321 e. The van der Waals surface area contributed by atoms with Crippen molar-refractivity contribution in [3.8, 4) is 0 Å². The first kappa shape index (κ1) is 16.9. The van der Waals surface area contributed by atoms with E-state index in [-0.39, 0.29) is 12.3 Å². The SMILES string of the molecule is CN1CCN(C(CC(=O)Nc2ccccc2Br)C(=O)O)CC1. The van der Waals surface area contributed by atoms with Gasteiger partial charge in [-0.3, -0.25) is 14.5 Å². The van der Waals surface area contributed by atoms with E-state index in [1.165, 1.54) is 0 Å². The third kappa shape index (κ3) is 4.53. The van der Waals surface area contributed by atoms with E-state index in [0.29, 0.717) is 18.8 Å². The zero-order valence-corrected chi connectivity index (χ0v) is 14.0. The van der Waals surface area contributed by atoms with Crippen molar-refractivity contribution in [2.45, 2.75) is 12.5 Å². The molecular formula is C15H20BrN3O3. The molecule has 1 aliphatic heterocycles. The number of carbonyl (C=O) groups excluding carboxylic acids is 1. The molecule has 1 aromatic carbocycles. The van der Waals surface area contributed by atoms with Crippen LogP contribution < -0.4 is 5.32 Å². The summed E-state index contributed by atoms with van der Waals surface area (Å²) in [7, 11) is 2.01. The van der Waals surface area contributed by atoms with Crippen molar-refractivity contribution in [1.29, 1.82) is 0 Å². The average Bonchev–Trinajstić information content (AvgIpc) is 2.48. The molecule has 2 N–H and O–H groups in total. The molecule has 1 amide bonds. The van der Waals surface area contributed by atoms with Gasteiger partial charge < -0.3 is 15.3 Å². The molecule has 2 rings (SSSR count). The van der Waals surface area contributed by atoms with Crippen molar-refractivity contribution in [2.75, 3.05) is 38.5 Å². The number of amides is 1. The summed E-state index contributed by atoms with van der Waals surface area (Å²) < 4.78 is 0.773. The van der Waals surface area contributed by atoms with Crippen molar-refractivity contribution in [1.82, 2.24) is 9.80 Å². The monoisotopic (exact) mass is 369 g/mol. The number of hydrogen-bond acceptors (Lipinski definition) is 4. The molecule has 22 heavy (non-hydrogen) atoms. The Balaban J connectivity index is 1.97. The number of likely N-dealkylation sites (N-methyl/N-ethyl adjacent to an activating group) is 1. The van der Waals surface area contributed by atoms with Gasteiger partial charge in [0, 0.05) is 30.7 Å². The number of hydrogen-bond donors (Lipinski definition) is 2. The standard InChI is InChI=1S/C15H20BrN3O3/c1-18-6-8-19(9-7-18)13(15(21)22)10-14(20)17-12-5-3-2-4-11(12)16/h2-5,13H,6-10H2,1H3,(H,17,20)(H,21,22). The maximum Gasteiger partial charge on any atom is 0.321 e. The van der Waals surface area contributed by atoms with Gasteiger partial charge in [-0.2, -0.15) is 0 Å². The minimum absolute atomic E-state index is 0.0552. The highest BCUT2D eigenvalue weighted by molar-refractivity contribution is 9.10. The fraction of sp³-hybridized carbons (Fsp3) is 0.467. The zero-order valence-electron chi connectivity index (χ0n) is 12.5. The molecule has 1 saturated heterocycles. The molecule has 0 bridgehead atoms. The maximum atomic E-state index is 12.2. The predicted octanol–water partition coefficient (Wildman–Crippen LogP) is 1.48. The van der Waals surface area contributed by atoms with Crippen molar-refractivity contribution < 1.29 is 14.7 Å². The van der Waals surface area contributed by atoms with E-state index in [2.05, 4.69) is 26.1 Å². The van der Waals surface area contributed by atoms with Crippen LogP contribution in [0.4, 0.5) is 5.69 Å². The van der Waals surface area contributed by atoms with Gasteiger partial charge in [0.05, 0.1) is 12.1 Å². The number of carboxylic acid groups (broad SMARTS) is 1. The maximum absolute atomic E-state index is 12.2. The number of aliphatic carboxylic acids is 1. The van der Waals surface area contributed by atoms with Crippen LogP contribution in [0.5, 0.6) is 0 Å². The quantitative estimate of drug-likeness (QED) is 0.822. The first-order chi connectivity index (χ1) is 10.5. The van der Waals surface area contributed by atoms with Gasteiger partial charge in [-0.15, -0.1) is 0 Å². The Bertz CT molecular complexity index is 545. The molecule has 0 aliphatic carbocycles. The van der Waals surface area contributed by atoms with Crippen molar-refractivity contribution in [3.05, 3.63) is 28.7 Å². The first-order valence-electron chi connectivity index (χ1n) is 7.17. The van der Waals surface area contributed by atoms with Gasteiger partial charge in [-0.05, 0) is 35.1 Å². The summed E-state index contributed by atoms with van der Waals surface area (Å²) in [6.07, 6.45) is -0.0552. The number of carbonyl (C=O) groups is 2. The van der Waals surface area contributed by atoms with Crippen molar-refractivity contribution in [2.24, 2.45) is 0 Å². The molecule has 1 heterocycles. The second kappa shape index (κ2) is 7.71. The molecule has 1 fully saturated rings. The molecule has 120 valence electrons. The van der Waals surface area contributed by atoms with E-state index in [4.69, 9.17) is 0 Å². The largest absolute Gasteiger partial charge is 0.480 e. The molecular weight excluding hydrogens is 350 g/mol. The summed E-state index contributed by atoms with van der Waals surface area (Å²) >= 11 is 3.36. The van der Waals surface area contributed by atoms with Gasteiger partial charge in [0.25, 0.3) is 0 Å². The zero-order chi connectivity index (χ0) is 16.1. The second-order valence-corrected chi connectivity index (χ2v) is 6.28. The van der Waals surface area contributed by atoms with E-state index in [1.54, 1.807) is 6.07 Å². The van der Waals surface area contributed by atoms with Gasteiger partial charge in [0.15, 0.2) is 0 Å². The van der Waals surface area contributed by atoms with Crippen molar-refractivity contribution >= 4 is 33.5 Å². The Kier molecular flexibility index (Phi) is 5.93. The number of benzene rings is 1. The first-order valence-corrected chi connectivity index (χ1v) is 7.96. The van der Waals surface area contributed by atoms with E-state index in [9.17, 15) is 14.7 Å². The number of halogens is 1. The molecule has 1 aromatic rings. The summed E-state index contributed by atoms with van der Waals surface area (Å²) in [5, 5.41) is 12.2. The third-order valence-electron chi connectivity index (χ3n) is 3.79. The number of nitrogens with one attached hydrogen (secondary N) is 1. The molecule has 0 spiro atoms. The minimum Gasteiger partial charge on any atom is -0.480 e. The molecule has 0 radical (unpaired) electrons. The third-order valence-corrected chi connectivity index (χ3v) is 4.48. The molecule has 0 aromatic heterocycles. The van der Waals surface area contributed by atoms with Gasteiger partial charge >= 0.3 is 5.97 Å². The molecule has 1 unspecified atom stereocenters. The molecule has 7 heteroatoms. The van der Waals surface area contributed by atoms with Crippen molar-refractivity contribution in [3.63, 3.8) is 0 Å². The van der Waals surface area contributed by atoms with E-state index >= 15 is 0 Å². The van der Waals surface area contributed by atoms with Gasteiger partial charge in [0.2, 0.25) is 5.91 Å². The van der Waals surface area contributed by atoms with Crippen LogP contribution in [0, 0.1) is 0 Å². The van der Waals surface area contributed by atoms with Crippen LogP contribution in [0.15, 0.2) is 28.7 Å². The lowest BCUT2D eigenvalue weighted by Gasteiger charge is -2.35. The van der Waals surface area contributed by atoms with E-state index in [0.717, 1.165) is 17.6 Å². The lowest BCUT2D eigenvalue weighted by atomic mass is 10.1. The van der Waals surface area contributed by atoms with Gasteiger partial charge in [0.1, 0.15) is 6.04 Å². The Hall–Kier alpha value is -1.44. The number of carboxylic acids is 1. The lowest BCUT2D eigenvalue weighted by Crippen LogP contribution is -2.52. The summed E-state index contributed by atoms with van der Waals surface area (Å²) in [6.45, 7) is 2.96. The number of nitrogens with zero attached hydrogens (tertiary/aromatic N) is 2. The Morgan fingerprint density at radius 1 is 1.27 bits per heavy atom. The van der Waals surface area contributed by atoms with Crippen LogP contribution in [-0.2, 0) is 9.59 Å². The van der Waals surface area contributed by atoms with Gasteiger partial charge in [-0.1, -0.05) is 12.1 Å². The Labute approximate surface area is 138 Å². The molecule has 1 aliphatic rings. The fourth-order valence-corrected chi connectivity index (χ4v) is 2.83. The number of para-hydroxylation sites is 1. The van der Waals surface area contributed by atoms with E-state index in [1.807, 2.05) is 30.1 Å². The summed E-state index contributed by atoms with van der Waals surface area (Å²) in [5.41, 5.74) is 0.648. The molecule has 1 atom stereocenters. The Morgan fingerprint density at radius 2 is 1.91 bits per heavy atom. The summed E-state index contributed by atoms with van der Waals surface area (Å²) in [6, 6.07) is 6.48. The highest BCUT2D eigenvalue weighted by Crippen LogP contribution is 2.21. The van der Waals surface area contributed by atoms with Crippen LogP contribution in [0.1, 0.15) is 6.42 Å². The van der Waals surface area contributed by atoms with Gasteiger partial charge in [-0.25, -0.2) is 0 Å². The van der Waals surface area contributed by atoms with Crippen LogP contribution >= 0.6 is 15.9 Å². The summed E-state index contributed by atoms with van der Waals surface area (Å²) in [5.74, 6) is -1.25. The number of rotatable bonds is 5. The van der Waals surface area contributed by atoms with Crippen LogP contribution in [0.3, 0.4) is 0 Å². The fourth-order valence-electron chi connectivity index (χ4n) is 2.45. The highest BCUT2D eigenvalue weighted by atomic mass is 79.9. The van der Waals surface area contributed by atoms with Crippen LogP contribution in [0.2, 0.25) is 0 Å². The Morgan fingerprint density at radius 3 is 2.50 bits per heavy atom. The average molecular weight is 370 g/mol.